The van der Waals surface area contributed by atoms with Crippen molar-refractivity contribution in [3.63, 3.8) is 0 Å². The third kappa shape index (κ3) is 5.05. The second kappa shape index (κ2) is 10.4. The minimum Gasteiger partial charge on any atom is -0.497 e. The molecular formula is C26H16Br2ClFO5. The number of ether oxygens (including phenoxy) is 3. The molecule has 3 aromatic rings. The van der Waals surface area contributed by atoms with E-state index < -0.39 is 17.6 Å². The third-order valence-electron chi connectivity index (χ3n) is 5.22. The molecule has 0 amide bonds. The number of benzene rings is 3. The molecule has 4 rings (SSSR count). The van der Waals surface area contributed by atoms with Crippen molar-refractivity contribution < 1.29 is 28.2 Å². The lowest BCUT2D eigenvalue weighted by Gasteiger charge is -2.10. The number of hydrogen-bond acceptors (Lipinski definition) is 5. The van der Waals surface area contributed by atoms with Crippen LogP contribution in [0.2, 0.25) is 5.02 Å². The van der Waals surface area contributed by atoms with Crippen LogP contribution in [0.4, 0.5) is 4.39 Å². The Morgan fingerprint density at radius 2 is 1.66 bits per heavy atom. The van der Waals surface area contributed by atoms with Gasteiger partial charge in [0, 0.05) is 11.1 Å². The van der Waals surface area contributed by atoms with Crippen LogP contribution >= 0.6 is 43.5 Å². The number of esters is 1. The van der Waals surface area contributed by atoms with Gasteiger partial charge in [-0.05, 0) is 85.5 Å². The van der Waals surface area contributed by atoms with Crippen LogP contribution < -0.4 is 9.47 Å². The van der Waals surface area contributed by atoms with E-state index in [0.717, 1.165) is 6.07 Å². The zero-order valence-corrected chi connectivity index (χ0v) is 22.3. The van der Waals surface area contributed by atoms with Gasteiger partial charge in [-0.2, -0.15) is 0 Å². The average Bonchev–Trinajstić information content (AvgIpc) is 3.15. The third-order valence-corrected chi connectivity index (χ3v) is 6.73. The second-order valence-corrected chi connectivity index (χ2v) is 9.46. The molecule has 0 atom stereocenters. The van der Waals surface area contributed by atoms with Crippen LogP contribution in [-0.2, 0) is 9.53 Å². The molecule has 0 N–H and O–H groups in total. The van der Waals surface area contributed by atoms with E-state index in [1.807, 2.05) is 0 Å². The molecule has 0 aromatic heterocycles. The molecule has 1 heterocycles. The van der Waals surface area contributed by atoms with E-state index >= 15 is 0 Å². The van der Waals surface area contributed by atoms with E-state index in [9.17, 15) is 14.0 Å². The van der Waals surface area contributed by atoms with Crippen LogP contribution in [0.1, 0.15) is 21.5 Å². The van der Waals surface area contributed by atoms with Gasteiger partial charge in [-0.15, -0.1) is 0 Å². The topological polar surface area (TPSA) is 61.8 Å². The Morgan fingerprint density at radius 1 is 1.00 bits per heavy atom. The van der Waals surface area contributed by atoms with Gasteiger partial charge in [0.05, 0.1) is 28.2 Å². The van der Waals surface area contributed by atoms with Crippen molar-refractivity contribution in [1.82, 2.24) is 0 Å². The highest BCUT2D eigenvalue weighted by atomic mass is 79.9. The summed E-state index contributed by atoms with van der Waals surface area (Å²) >= 11 is 13.0. The molecule has 0 radical (unpaired) electrons. The summed E-state index contributed by atoms with van der Waals surface area (Å²) in [6.07, 6.45) is 1.50. The van der Waals surface area contributed by atoms with Crippen molar-refractivity contribution in [1.29, 1.82) is 0 Å². The highest BCUT2D eigenvalue weighted by Crippen LogP contribution is 2.40. The molecule has 35 heavy (non-hydrogen) atoms. The number of allylic oxidation sites excluding steroid dienone is 1. The molecule has 0 aliphatic carbocycles. The average molecular weight is 623 g/mol. The molecule has 1 aliphatic rings. The minimum absolute atomic E-state index is 0.115. The fraction of sp³-hybridized carbons (Fsp3) is 0.0769. The number of cyclic esters (lactones) is 1. The molecule has 0 unspecified atom stereocenters. The Balaban J connectivity index is 1.92. The van der Waals surface area contributed by atoms with E-state index in [1.165, 1.54) is 32.4 Å². The first-order valence-electron chi connectivity index (χ1n) is 10.1. The van der Waals surface area contributed by atoms with Crippen molar-refractivity contribution >= 4 is 66.9 Å². The van der Waals surface area contributed by atoms with E-state index in [2.05, 4.69) is 31.9 Å². The van der Waals surface area contributed by atoms with Gasteiger partial charge >= 0.3 is 5.97 Å². The molecule has 0 spiro atoms. The number of carbonyl (C=O) groups excluding carboxylic acids is 2. The zero-order valence-electron chi connectivity index (χ0n) is 18.3. The van der Waals surface area contributed by atoms with Gasteiger partial charge in [-0.25, -0.2) is 9.18 Å². The number of Topliss-reactive ketones (excluding diaryl/α,β-unsaturated/α-hetero) is 1. The fourth-order valence-corrected chi connectivity index (χ4v) is 5.30. The van der Waals surface area contributed by atoms with Crippen LogP contribution in [-0.4, -0.2) is 26.0 Å². The quantitative estimate of drug-likeness (QED) is 0.165. The standard InChI is InChI=1S/C26H16Br2ClFO5/c1-33-17-7-4-13(5-8-17)22-21(11-14-3-6-16(30)12-20(14)29)35-26(32)23(22)24(31)15-9-18(27)25(34-2)19(28)10-15/h3-12H,1-2H3/b21-11-. The van der Waals surface area contributed by atoms with Crippen molar-refractivity contribution in [2.45, 2.75) is 0 Å². The van der Waals surface area contributed by atoms with Crippen LogP contribution in [0.5, 0.6) is 11.5 Å². The maximum Gasteiger partial charge on any atom is 0.348 e. The zero-order chi connectivity index (χ0) is 25.3. The first-order chi connectivity index (χ1) is 16.7. The lowest BCUT2D eigenvalue weighted by molar-refractivity contribution is -0.132. The van der Waals surface area contributed by atoms with E-state index in [-0.39, 0.29) is 27.5 Å². The Hall–Kier alpha value is -2.94. The van der Waals surface area contributed by atoms with Crippen molar-refractivity contribution in [2.24, 2.45) is 0 Å². The molecule has 5 nitrogen and oxygen atoms in total. The van der Waals surface area contributed by atoms with Gasteiger partial charge in [0.2, 0.25) is 5.78 Å². The Labute approximate surface area is 222 Å². The van der Waals surface area contributed by atoms with Gasteiger partial charge in [0.1, 0.15) is 28.6 Å². The van der Waals surface area contributed by atoms with Gasteiger partial charge < -0.3 is 14.2 Å². The smallest absolute Gasteiger partial charge is 0.348 e. The van der Waals surface area contributed by atoms with Crippen LogP contribution in [0, 0.1) is 5.82 Å². The number of halogens is 4. The summed E-state index contributed by atoms with van der Waals surface area (Å²) in [7, 11) is 3.04. The second-order valence-electron chi connectivity index (χ2n) is 7.34. The van der Waals surface area contributed by atoms with E-state index in [4.69, 9.17) is 25.8 Å². The molecule has 0 saturated heterocycles. The Morgan fingerprint density at radius 3 is 2.23 bits per heavy atom. The summed E-state index contributed by atoms with van der Waals surface area (Å²) < 4.78 is 30.7. The maximum absolute atomic E-state index is 13.6. The molecule has 0 bridgehead atoms. The normalized spacial score (nSPS) is 14.3. The highest BCUT2D eigenvalue weighted by Gasteiger charge is 2.36. The number of methoxy groups -OCH3 is 2. The van der Waals surface area contributed by atoms with Gasteiger partial charge in [-0.1, -0.05) is 29.8 Å². The molecule has 0 saturated carbocycles. The van der Waals surface area contributed by atoms with Gasteiger partial charge in [0.15, 0.2) is 0 Å². The molecule has 178 valence electrons. The van der Waals surface area contributed by atoms with Crippen LogP contribution in [0.15, 0.2) is 74.9 Å². The summed E-state index contributed by atoms with van der Waals surface area (Å²) in [5, 5.41) is 0.130. The molecular weight excluding hydrogens is 607 g/mol. The van der Waals surface area contributed by atoms with E-state index in [1.54, 1.807) is 36.4 Å². The monoisotopic (exact) mass is 620 g/mol. The predicted molar refractivity (Wildman–Crippen MR) is 138 cm³/mol. The Kier molecular flexibility index (Phi) is 7.44. The fourth-order valence-electron chi connectivity index (χ4n) is 3.57. The first-order valence-corrected chi connectivity index (χ1v) is 12.1. The first kappa shape index (κ1) is 25.2. The minimum atomic E-state index is -0.812. The Bertz CT molecular complexity index is 1390. The van der Waals surface area contributed by atoms with Crippen molar-refractivity contribution in [3.8, 4) is 11.5 Å². The number of hydrogen-bond donors (Lipinski definition) is 0. The summed E-state index contributed by atoms with van der Waals surface area (Å²) in [4.78, 5) is 26.6. The van der Waals surface area contributed by atoms with E-state index in [0.29, 0.717) is 31.6 Å². The van der Waals surface area contributed by atoms with Crippen LogP contribution in [0.3, 0.4) is 0 Å². The summed E-state index contributed by atoms with van der Waals surface area (Å²) in [5.41, 5.74) is 1.35. The van der Waals surface area contributed by atoms with Crippen molar-refractivity contribution in [3.05, 3.63) is 102 Å². The molecule has 0 fully saturated rings. The summed E-state index contributed by atoms with van der Waals surface area (Å²) in [6, 6.07) is 13.8. The number of rotatable bonds is 6. The lowest BCUT2D eigenvalue weighted by Crippen LogP contribution is -2.11. The predicted octanol–water partition coefficient (Wildman–Crippen LogP) is 7.26. The lowest BCUT2D eigenvalue weighted by atomic mass is 9.93. The van der Waals surface area contributed by atoms with Gasteiger partial charge in [0.25, 0.3) is 0 Å². The molecule has 1 aliphatic heterocycles. The largest absolute Gasteiger partial charge is 0.497 e. The maximum atomic E-state index is 13.6. The van der Waals surface area contributed by atoms with Crippen molar-refractivity contribution in [2.75, 3.05) is 14.2 Å². The SMILES string of the molecule is COc1ccc(C2=C(C(=O)c3cc(Br)c(OC)c(Br)c3)C(=O)O/C2=C\c2ccc(F)cc2Cl)cc1. The number of carbonyl (C=O) groups is 2. The molecule has 3 aromatic carbocycles. The molecule has 9 heteroatoms. The van der Waals surface area contributed by atoms with Crippen LogP contribution in [0.25, 0.3) is 11.6 Å². The number of ketones is 1. The summed E-state index contributed by atoms with van der Waals surface area (Å²) in [6.45, 7) is 0. The van der Waals surface area contributed by atoms with Gasteiger partial charge in [-0.3, -0.25) is 4.79 Å². The summed E-state index contributed by atoms with van der Waals surface area (Å²) in [5.74, 6) is -0.637. The highest BCUT2D eigenvalue weighted by molar-refractivity contribution is 9.11.